The van der Waals surface area contributed by atoms with E-state index >= 15 is 0 Å². The summed E-state index contributed by atoms with van der Waals surface area (Å²) in [4.78, 5) is 28.5. The zero-order valence-electron chi connectivity index (χ0n) is 22.4. The molecule has 0 spiro atoms. The van der Waals surface area contributed by atoms with Crippen molar-refractivity contribution in [3.8, 4) is 28.4 Å². The van der Waals surface area contributed by atoms with Gasteiger partial charge in [-0.05, 0) is 63.5 Å². The molecule has 0 saturated heterocycles. The molecule has 0 aliphatic heterocycles. The molecule has 9 heteroatoms. The van der Waals surface area contributed by atoms with Gasteiger partial charge in [-0.1, -0.05) is 24.3 Å². The van der Waals surface area contributed by atoms with Crippen LogP contribution in [0.2, 0.25) is 0 Å². The Kier molecular flexibility index (Phi) is 7.51. The van der Waals surface area contributed by atoms with Gasteiger partial charge in [-0.2, -0.15) is 0 Å². The molecule has 0 saturated carbocycles. The average Bonchev–Trinajstić information content (AvgIpc) is 3.34. The van der Waals surface area contributed by atoms with Gasteiger partial charge in [0.2, 0.25) is 5.95 Å². The number of benzene rings is 2. The molecule has 0 atom stereocenters. The Hall–Kier alpha value is -4.76. The number of esters is 1. The third kappa shape index (κ3) is 5.58. The van der Waals surface area contributed by atoms with E-state index < -0.39 is 5.97 Å². The molecule has 39 heavy (non-hydrogen) atoms. The van der Waals surface area contributed by atoms with Crippen LogP contribution in [0.5, 0.6) is 5.75 Å². The fraction of sp³-hybridized carbons (Fsp3) is 0.200. The Labute approximate surface area is 227 Å². The number of anilines is 2. The van der Waals surface area contributed by atoms with Crippen molar-refractivity contribution >= 4 is 23.3 Å². The number of likely N-dealkylation sites (N-methyl/N-ethyl adjacent to an activating group) is 1. The van der Waals surface area contributed by atoms with E-state index in [1.807, 2.05) is 86.2 Å². The summed E-state index contributed by atoms with van der Waals surface area (Å²) < 4.78 is 12.9. The van der Waals surface area contributed by atoms with E-state index in [9.17, 15) is 4.79 Å². The van der Waals surface area contributed by atoms with Gasteiger partial charge in [0.25, 0.3) is 0 Å². The molecular formula is C30H30N6O3. The summed E-state index contributed by atoms with van der Waals surface area (Å²) in [6.45, 7) is 3.43. The van der Waals surface area contributed by atoms with Crippen LogP contribution >= 0.6 is 0 Å². The van der Waals surface area contributed by atoms with Gasteiger partial charge >= 0.3 is 5.97 Å². The van der Waals surface area contributed by atoms with Crippen LogP contribution in [0.15, 0.2) is 79.1 Å². The number of imidazole rings is 1. The monoisotopic (exact) mass is 522 g/mol. The van der Waals surface area contributed by atoms with E-state index in [0.717, 1.165) is 40.4 Å². The first kappa shape index (κ1) is 25.9. The number of hydrogen-bond donors (Lipinski definition) is 1. The van der Waals surface area contributed by atoms with Gasteiger partial charge in [0.1, 0.15) is 18.0 Å². The molecule has 0 fully saturated rings. The number of ether oxygens (including phenoxy) is 2. The second-order valence-electron chi connectivity index (χ2n) is 9.28. The molecule has 0 amide bonds. The van der Waals surface area contributed by atoms with Crippen LogP contribution in [0.4, 0.5) is 11.6 Å². The largest absolute Gasteiger partial charge is 0.492 e. The Morgan fingerprint density at radius 2 is 1.87 bits per heavy atom. The molecule has 9 nitrogen and oxygen atoms in total. The first-order chi connectivity index (χ1) is 18.9. The highest BCUT2D eigenvalue weighted by molar-refractivity contribution is 5.92. The molecule has 0 aliphatic carbocycles. The summed E-state index contributed by atoms with van der Waals surface area (Å²) in [5.41, 5.74) is 5.99. The van der Waals surface area contributed by atoms with Crippen LogP contribution in [0.3, 0.4) is 0 Å². The predicted octanol–water partition coefficient (Wildman–Crippen LogP) is 5.24. The number of fused-ring (bicyclic) bond motifs is 1. The Bertz CT molecular complexity index is 1630. The Morgan fingerprint density at radius 1 is 1.03 bits per heavy atom. The van der Waals surface area contributed by atoms with E-state index in [4.69, 9.17) is 19.4 Å². The molecule has 0 unspecified atom stereocenters. The molecule has 3 heterocycles. The zero-order chi connectivity index (χ0) is 27.4. The smallest absolute Gasteiger partial charge is 0.337 e. The SMILES string of the molecule is COC(=O)c1cccc(-c2nc3ccccn3c2-c2ccnc(Nc3cccc(OCCN(C)C)c3C)n2)c1. The van der Waals surface area contributed by atoms with Crippen LogP contribution in [0.1, 0.15) is 15.9 Å². The lowest BCUT2D eigenvalue weighted by molar-refractivity contribution is 0.0601. The van der Waals surface area contributed by atoms with E-state index in [2.05, 4.69) is 15.2 Å². The van der Waals surface area contributed by atoms with Crippen molar-refractivity contribution in [2.75, 3.05) is 39.7 Å². The molecule has 5 aromatic rings. The second-order valence-corrected chi connectivity index (χ2v) is 9.28. The number of aromatic nitrogens is 4. The third-order valence-electron chi connectivity index (χ3n) is 6.31. The first-order valence-electron chi connectivity index (χ1n) is 12.6. The number of methoxy groups -OCH3 is 1. The summed E-state index contributed by atoms with van der Waals surface area (Å²) in [7, 11) is 5.40. The number of carbonyl (C=O) groups is 1. The van der Waals surface area contributed by atoms with Crippen molar-refractivity contribution in [2.24, 2.45) is 0 Å². The molecule has 2 aromatic carbocycles. The van der Waals surface area contributed by atoms with Gasteiger partial charge in [-0.3, -0.25) is 4.40 Å². The normalized spacial score (nSPS) is 11.1. The lowest BCUT2D eigenvalue weighted by Crippen LogP contribution is -2.19. The minimum absolute atomic E-state index is 0.404. The predicted molar refractivity (Wildman–Crippen MR) is 152 cm³/mol. The Balaban J connectivity index is 1.52. The molecule has 0 bridgehead atoms. The standard InChI is InChI=1S/C30H30N6O3/c1-20-23(11-8-12-25(20)39-18-17-35(2)3)32-30-31-15-14-24(33-30)28-27(34-26-13-5-6-16-36(26)28)21-9-7-10-22(19-21)29(37)38-4/h5-16,19H,17-18H2,1-4H3,(H,31,32,33). The summed E-state index contributed by atoms with van der Waals surface area (Å²) in [5.74, 6) is 0.854. The number of carbonyl (C=O) groups excluding carboxylic acids is 1. The summed E-state index contributed by atoms with van der Waals surface area (Å²) in [6.07, 6.45) is 3.66. The van der Waals surface area contributed by atoms with E-state index in [0.29, 0.717) is 29.5 Å². The molecule has 1 N–H and O–H groups in total. The van der Waals surface area contributed by atoms with Crippen LogP contribution in [0.25, 0.3) is 28.3 Å². The van der Waals surface area contributed by atoms with Crippen molar-refractivity contribution in [3.05, 3.63) is 90.3 Å². The van der Waals surface area contributed by atoms with Crippen LogP contribution in [-0.2, 0) is 4.74 Å². The topological polar surface area (TPSA) is 93.9 Å². The van der Waals surface area contributed by atoms with Crippen molar-refractivity contribution in [3.63, 3.8) is 0 Å². The van der Waals surface area contributed by atoms with Crippen molar-refractivity contribution in [1.82, 2.24) is 24.3 Å². The Morgan fingerprint density at radius 3 is 2.69 bits per heavy atom. The molecule has 0 aliphatic rings. The van der Waals surface area contributed by atoms with Gasteiger partial charge in [0.05, 0.1) is 29.8 Å². The highest BCUT2D eigenvalue weighted by atomic mass is 16.5. The number of pyridine rings is 1. The van der Waals surface area contributed by atoms with Gasteiger partial charge in [-0.25, -0.2) is 19.7 Å². The second kappa shape index (κ2) is 11.3. The summed E-state index contributed by atoms with van der Waals surface area (Å²) in [5, 5.41) is 3.35. The number of nitrogens with zero attached hydrogens (tertiary/aromatic N) is 5. The number of nitrogens with one attached hydrogen (secondary N) is 1. The molecule has 0 radical (unpaired) electrons. The van der Waals surface area contributed by atoms with Crippen LogP contribution in [-0.4, -0.2) is 64.6 Å². The quantitative estimate of drug-likeness (QED) is 0.263. The fourth-order valence-corrected chi connectivity index (χ4v) is 4.27. The van der Waals surface area contributed by atoms with E-state index in [1.165, 1.54) is 7.11 Å². The maximum absolute atomic E-state index is 12.2. The van der Waals surface area contributed by atoms with Crippen LogP contribution < -0.4 is 10.1 Å². The molecule has 5 rings (SSSR count). The zero-order valence-corrected chi connectivity index (χ0v) is 22.4. The van der Waals surface area contributed by atoms with E-state index in [-0.39, 0.29) is 0 Å². The van der Waals surface area contributed by atoms with Crippen molar-refractivity contribution in [1.29, 1.82) is 0 Å². The fourth-order valence-electron chi connectivity index (χ4n) is 4.27. The van der Waals surface area contributed by atoms with Gasteiger partial charge in [0.15, 0.2) is 0 Å². The van der Waals surface area contributed by atoms with E-state index in [1.54, 1.807) is 18.3 Å². The molecule has 3 aromatic heterocycles. The minimum atomic E-state index is -0.404. The summed E-state index contributed by atoms with van der Waals surface area (Å²) in [6, 6.07) is 20.8. The minimum Gasteiger partial charge on any atom is -0.492 e. The third-order valence-corrected chi connectivity index (χ3v) is 6.31. The van der Waals surface area contributed by atoms with Gasteiger partial charge in [0, 0.05) is 35.8 Å². The van der Waals surface area contributed by atoms with Crippen molar-refractivity contribution < 1.29 is 14.3 Å². The maximum Gasteiger partial charge on any atom is 0.337 e. The van der Waals surface area contributed by atoms with Gasteiger partial charge in [-0.15, -0.1) is 0 Å². The number of rotatable bonds is 9. The lowest BCUT2D eigenvalue weighted by Gasteiger charge is -2.15. The molecular weight excluding hydrogens is 492 g/mol. The van der Waals surface area contributed by atoms with Crippen molar-refractivity contribution in [2.45, 2.75) is 6.92 Å². The maximum atomic E-state index is 12.2. The van der Waals surface area contributed by atoms with Gasteiger partial charge < -0.3 is 19.7 Å². The summed E-state index contributed by atoms with van der Waals surface area (Å²) >= 11 is 0. The molecule has 198 valence electrons. The van der Waals surface area contributed by atoms with Crippen LogP contribution in [0, 0.1) is 6.92 Å². The first-order valence-corrected chi connectivity index (χ1v) is 12.6. The lowest BCUT2D eigenvalue weighted by atomic mass is 10.1. The highest BCUT2D eigenvalue weighted by Gasteiger charge is 2.19. The average molecular weight is 523 g/mol. The highest BCUT2D eigenvalue weighted by Crippen LogP contribution is 2.33. The number of hydrogen-bond acceptors (Lipinski definition) is 8.